The van der Waals surface area contributed by atoms with Crippen molar-refractivity contribution in [3.05, 3.63) is 0 Å². The molecule has 0 aromatic heterocycles. The molecule has 0 heterocycles. The number of nitrogens with zero attached hydrogens (tertiary/aromatic N) is 1. The first-order valence-corrected chi connectivity index (χ1v) is 6.23. The summed E-state index contributed by atoms with van der Waals surface area (Å²) in [5.41, 5.74) is 0. The predicted octanol–water partition coefficient (Wildman–Crippen LogP) is 3.60. The van der Waals surface area contributed by atoms with Crippen molar-refractivity contribution in [2.75, 3.05) is 0 Å². The molecule has 1 nitrogen and oxygen atoms in total. The molecule has 0 aromatic rings. The van der Waals surface area contributed by atoms with Crippen LogP contribution in [0.25, 0.3) is 0 Å². The Kier molecular flexibility index (Phi) is 4.66. The fourth-order valence-electron chi connectivity index (χ4n) is 1.75. The molecule has 0 spiro atoms. The van der Waals surface area contributed by atoms with Gasteiger partial charge >= 0.3 is 0 Å². The summed E-state index contributed by atoms with van der Waals surface area (Å²) in [7, 11) is 0. The van der Waals surface area contributed by atoms with Crippen molar-refractivity contribution >= 4 is 11.8 Å². The van der Waals surface area contributed by atoms with E-state index in [0.29, 0.717) is 5.92 Å². The summed E-state index contributed by atoms with van der Waals surface area (Å²) in [6, 6.07) is 2.41. The summed E-state index contributed by atoms with van der Waals surface area (Å²) in [6.45, 7) is 4.29. The fraction of sp³-hybridized carbons (Fsp3) is 0.909. The summed E-state index contributed by atoms with van der Waals surface area (Å²) >= 11 is 1.91. The SMILES string of the molecule is CC(C)C(C#N)SC1CCCCC1. The smallest absolute Gasteiger partial charge is 0.0942 e. The molecule has 1 aliphatic carbocycles. The molecule has 0 aromatic carbocycles. The van der Waals surface area contributed by atoms with Crippen molar-refractivity contribution < 1.29 is 0 Å². The average molecular weight is 197 g/mol. The van der Waals surface area contributed by atoms with Crippen LogP contribution in [-0.4, -0.2) is 10.5 Å². The van der Waals surface area contributed by atoms with Gasteiger partial charge in [-0.25, -0.2) is 0 Å². The van der Waals surface area contributed by atoms with Gasteiger partial charge in [-0.3, -0.25) is 0 Å². The lowest BCUT2D eigenvalue weighted by atomic mass is 10.0. The van der Waals surface area contributed by atoms with Crippen LogP contribution >= 0.6 is 11.8 Å². The molecule has 1 aliphatic rings. The third kappa shape index (κ3) is 3.60. The molecular weight excluding hydrogens is 178 g/mol. The first-order chi connectivity index (χ1) is 6.24. The highest BCUT2D eigenvalue weighted by atomic mass is 32.2. The van der Waals surface area contributed by atoms with Crippen molar-refractivity contribution in [2.45, 2.75) is 56.5 Å². The zero-order chi connectivity index (χ0) is 9.68. The summed E-state index contributed by atoms with van der Waals surface area (Å²) in [4.78, 5) is 0. The van der Waals surface area contributed by atoms with Gasteiger partial charge in [-0.05, 0) is 18.8 Å². The second-order valence-electron chi connectivity index (χ2n) is 4.19. The molecule has 1 atom stereocenters. The maximum Gasteiger partial charge on any atom is 0.0942 e. The van der Waals surface area contributed by atoms with Crippen LogP contribution in [0.5, 0.6) is 0 Å². The van der Waals surface area contributed by atoms with Gasteiger partial charge < -0.3 is 0 Å². The zero-order valence-corrected chi connectivity index (χ0v) is 9.44. The third-order valence-electron chi connectivity index (χ3n) is 2.62. The Morgan fingerprint density at radius 1 is 1.23 bits per heavy atom. The average Bonchev–Trinajstić information content (AvgIpc) is 2.15. The number of hydrogen-bond donors (Lipinski definition) is 0. The molecule has 0 amide bonds. The Labute approximate surface area is 85.9 Å². The second kappa shape index (κ2) is 5.54. The fourth-order valence-corrected chi connectivity index (χ4v) is 3.14. The second-order valence-corrected chi connectivity index (χ2v) is 5.64. The quantitative estimate of drug-likeness (QED) is 0.690. The first kappa shape index (κ1) is 10.9. The lowest BCUT2D eigenvalue weighted by Gasteiger charge is -2.24. The van der Waals surface area contributed by atoms with Crippen LogP contribution in [0.1, 0.15) is 46.0 Å². The standard InChI is InChI=1S/C11H19NS/c1-9(2)11(8-12)13-10-6-4-3-5-7-10/h9-11H,3-7H2,1-2H3. The van der Waals surface area contributed by atoms with E-state index in [4.69, 9.17) is 5.26 Å². The number of hydrogen-bond acceptors (Lipinski definition) is 2. The van der Waals surface area contributed by atoms with Crippen LogP contribution in [0.15, 0.2) is 0 Å². The number of nitriles is 1. The Hall–Kier alpha value is -0.160. The summed E-state index contributed by atoms with van der Waals surface area (Å²) in [6.07, 6.45) is 6.79. The predicted molar refractivity (Wildman–Crippen MR) is 58.7 cm³/mol. The van der Waals surface area contributed by atoms with Gasteiger partial charge in [0.05, 0.1) is 11.3 Å². The third-order valence-corrected chi connectivity index (χ3v) is 4.42. The molecule has 1 unspecified atom stereocenters. The monoisotopic (exact) mass is 197 g/mol. The molecule has 0 N–H and O–H groups in total. The van der Waals surface area contributed by atoms with E-state index in [1.54, 1.807) is 0 Å². The Morgan fingerprint density at radius 3 is 2.31 bits per heavy atom. The highest BCUT2D eigenvalue weighted by Crippen LogP contribution is 2.33. The van der Waals surface area contributed by atoms with Gasteiger partial charge in [-0.15, -0.1) is 11.8 Å². The van der Waals surface area contributed by atoms with Gasteiger partial charge in [0.1, 0.15) is 0 Å². The molecule has 74 valence electrons. The van der Waals surface area contributed by atoms with Gasteiger partial charge in [-0.1, -0.05) is 33.1 Å². The molecule has 0 radical (unpaired) electrons. The molecular formula is C11H19NS. The van der Waals surface area contributed by atoms with Gasteiger partial charge in [0.2, 0.25) is 0 Å². The van der Waals surface area contributed by atoms with Crippen molar-refractivity contribution in [3.8, 4) is 6.07 Å². The molecule has 1 fully saturated rings. The summed E-state index contributed by atoms with van der Waals surface area (Å²) in [5.74, 6) is 0.497. The Balaban J connectivity index is 2.32. The van der Waals surface area contributed by atoms with E-state index in [1.807, 2.05) is 11.8 Å². The lowest BCUT2D eigenvalue weighted by molar-refractivity contribution is 0.513. The summed E-state index contributed by atoms with van der Waals surface area (Å²) < 4.78 is 0. The van der Waals surface area contributed by atoms with E-state index in [2.05, 4.69) is 19.9 Å². The zero-order valence-electron chi connectivity index (χ0n) is 8.62. The highest BCUT2D eigenvalue weighted by molar-refractivity contribution is 8.00. The Morgan fingerprint density at radius 2 is 1.85 bits per heavy atom. The van der Waals surface area contributed by atoms with Gasteiger partial charge in [-0.2, -0.15) is 5.26 Å². The van der Waals surface area contributed by atoms with E-state index in [0.717, 1.165) is 5.25 Å². The van der Waals surface area contributed by atoms with Crippen LogP contribution in [0, 0.1) is 17.2 Å². The van der Waals surface area contributed by atoms with Crippen LogP contribution < -0.4 is 0 Å². The van der Waals surface area contributed by atoms with Gasteiger partial charge in [0.25, 0.3) is 0 Å². The lowest BCUT2D eigenvalue weighted by Crippen LogP contribution is -2.17. The van der Waals surface area contributed by atoms with Crippen molar-refractivity contribution in [1.29, 1.82) is 5.26 Å². The topological polar surface area (TPSA) is 23.8 Å². The van der Waals surface area contributed by atoms with Gasteiger partial charge in [0, 0.05) is 5.25 Å². The highest BCUT2D eigenvalue weighted by Gasteiger charge is 2.21. The molecule has 1 saturated carbocycles. The van der Waals surface area contributed by atoms with Crippen LogP contribution in [0.4, 0.5) is 0 Å². The molecule has 0 saturated heterocycles. The van der Waals surface area contributed by atoms with E-state index >= 15 is 0 Å². The minimum absolute atomic E-state index is 0.211. The van der Waals surface area contributed by atoms with Crippen LogP contribution in [-0.2, 0) is 0 Å². The van der Waals surface area contributed by atoms with E-state index in [1.165, 1.54) is 32.1 Å². The molecule has 2 heteroatoms. The minimum Gasteiger partial charge on any atom is -0.197 e. The van der Waals surface area contributed by atoms with E-state index in [9.17, 15) is 0 Å². The maximum absolute atomic E-state index is 8.96. The number of thioether (sulfide) groups is 1. The Bertz CT molecular complexity index is 177. The summed E-state index contributed by atoms with van der Waals surface area (Å²) in [5, 5.41) is 9.93. The minimum atomic E-state index is 0.211. The van der Waals surface area contributed by atoms with Crippen molar-refractivity contribution in [3.63, 3.8) is 0 Å². The van der Waals surface area contributed by atoms with E-state index in [-0.39, 0.29) is 5.25 Å². The largest absolute Gasteiger partial charge is 0.197 e. The molecule has 0 aliphatic heterocycles. The normalized spacial score (nSPS) is 21.4. The number of rotatable bonds is 3. The molecule has 13 heavy (non-hydrogen) atoms. The van der Waals surface area contributed by atoms with Crippen LogP contribution in [0.3, 0.4) is 0 Å². The maximum atomic E-state index is 8.96. The first-order valence-electron chi connectivity index (χ1n) is 5.29. The van der Waals surface area contributed by atoms with Crippen molar-refractivity contribution in [1.82, 2.24) is 0 Å². The van der Waals surface area contributed by atoms with E-state index < -0.39 is 0 Å². The molecule has 1 rings (SSSR count). The van der Waals surface area contributed by atoms with Crippen LogP contribution in [0.2, 0.25) is 0 Å². The molecule has 0 bridgehead atoms. The van der Waals surface area contributed by atoms with Gasteiger partial charge in [0.15, 0.2) is 0 Å². The van der Waals surface area contributed by atoms with Crippen molar-refractivity contribution in [2.24, 2.45) is 5.92 Å².